The number of carbonyl (C=O) groups is 3. The van der Waals surface area contributed by atoms with E-state index in [2.05, 4.69) is 18.8 Å². The molecule has 2 atom stereocenters. The number of nitrogens with zero attached hydrogens (tertiary/aromatic N) is 1. The number of unbranched alkanes of at least 4 members (excludes halogenated alkanes) is 2. The van der Waals surface area contributed by atoms with Crippen molar-refractivity contribution in [3.63, 3.8) is 0 Å². The van der Waals surface area contributed by atoms with Crippen LogP contribution in [0.25, 0.3) is 0 Å². The van der Waals surface area contributed by atoms with Gasteiger partial charge in [-0.3, -0.25) is 14.4 Å². The molecule has 0 bridgehead atoms. The summed E-state index contributed by atoms with van der Waals surface area (Å²) in [6.45, 7) is 6.13. The van der Waals surface area contributed by atoms with Crippen LogP contribution >= 0.6 is 0 Å². The fourth-order valence-corrected chi connectivity index (χ4v) is 3.18. The summed E-state index contributed by atoms with van der Waals surface area (Å²) >= 11 is 0. The third-order valence-electron chi connectivity index (χ3n) is 4.58. The lowest BCUT2D eigenvalue weighted by atomic mass is 9.98. The van der Waals surface area contributed by atoms with E-state index in [4.69, 9.17) is 4.74 Å². The van der Waals surface area contributed by atoms with Gasteiger partial charge in [-0.15, -0.1) is 0 Å². The summed E-state index contributed by atoms with van der Waals surface area (Å²) in [6.07, 6.45) is 4.53. The van der Waals surface area contributed by atoms with Gasteiger partial charge in [-0.05, 0) is 12.0 Å². The highest BCUT2D eigenvalue weighted by Crippen LogP contribution is 2.18. The SMILES string of the molecule is C=CCOC(=O)CC1C(=O)NC(Cc2ccccc2)C(=O)N1CCCCC. The highest BCUT2D eigenvalue weighted by atomic mass is 16.5. The molecule has 146 valence electrons. The number of hydrogen-bond donors (Lipinski definition) is 1. The van der Waals surface area contributed by atoms with Gasteiger partial charge in [0.25, 0.3) is 0 Å². The van der Waals surface area contributed by atoms with E-state index in [1.807, 2.05) is 30.3 Å². The number of rotatable bonds is 10. The molecule has 6 nitrogen and oxygen atoms in total. The molecule has 0 aliphatic carbocycles. The Balaban J connectivity index is 2.12. The molecule has 2 rings (SSSR count). The maximum Gasteiger partial charge on any atom is 0.308 e. The van der Waals surface area contributed by atoms with Crippen LogP contribution in [0.15, 0.2) is 43.0 Å². The van der Waals surface area contributed by atoms with Crippen LogP contribution in [0.4, 0.5) is 0 Å². The lowest BCUT2D eigenvalue weighted by molar-refractivity contribution is -0.154. The van der Waals surface area contributed by atoms with Gasteiger partial charge in [0.15, 0.2) is 0 Å². The number of hydrogen-bond acceptors (Lipinski definition) is 4. The zero-order valence-electron chi connectivity index (χ0n) is 15.9. The van der Waals surface area contributed by atoms with E-state index in [1.54, 1.807) is 4.90 Å². The van der Waals surface area contributed by atoms with E-state index >= 15 is 0 Å². The van der Waals surface area contributed by atoms with Crippen LogP contribution in [0.3, 0.4) is 0 Å². The first-order valence-corrected chi connectivity index (χ1v) is 9.48. The Morgan fingerprint density at radius 1 is 1.26 bits per heavy atom. The molecule has 0 radical (unpaired) electrons. The number of amides is 2. The average molecular weight is 372 g/mol. The fourth-order valence-electron chi connectivity index (χ4n) is 3.18. The van der Waals surface area contributed by atoms with Crippen molar-refractivity contribution >= 4 is 17.8 Å². The molecule has 1 fully saturated rings. The van der Waals surface area contributed by atoms with Gasteiger partial charge >= 0.3 is 5.97 Å². The summed E-state index contributed by atoms with van der Waals surface area (Å²) in [5.41, 5.74) is 0.980. The Hall–Kier alpha value is -2.63. The molecule has 0 spiro atoms. The number of nitrogens with one attached hydrogen (secondary N) is 1. The number of piperazine rings is 1. The predicted molar refractivity (Wildman–Crippen MR) is 103 cm³/mol. The van der Waals surface area contributed by atoms with Crippen molar-refractivity contribution in [1.29, 1.82) is 0 Å². The van der Waals surface area contributed by atoms with Gasteiger partial charge in [0.05, 0.1) is 6.42 Å². The molecule has 1 heterocycles. The minimum Gasteiger partial charge on any atom is -0.461 e. The summed E-state index contributed by atoms with van der Waals surface area (Å²) in [4.78, 5) is 39.2. The van der Waals surface area contributed by atoms with Crippen molar-refractivity contribution in [2.75, 3.05) is 13.2 Å². The third-order valence-corrected chi connectivity index (χ3v) is 4.58. The molecule has 1 aliphatic heterocycles. The molecule has 1 saturated heterocycles. The van der Waals surface area contributed by atoms with Gasteiger partial charge in [-0.1, -0.05) is 62.8 Å². The van der Waals surface area contributed by atoms with E-state index in [-0.39, 0.29) is 24.8 Å². The summed E-state index contributed by atoms with van der Waals surface area (Å²) in [7, 11) is 0. The van der Waals surface area contributed by atoms with E-state index in [0.717, 1.165) is 24.8 Å². The van der Waals surface area contributed by atoms with Crippen LogP contribution in [0, 0.1) is 0 Å². The average Bonchev–Trinajstić information content (AvgIpc) is 2.67. The van der Waals surface area contributed by atoms with Crippen molar-refractivity contribution in [3.05, 3.63) is 48.6 Å². The molecule has 1 aromatic rings. The molecule has 1 N–H and O–H groups in total. The molecular formula is C21H28N2O4. The lowest BCUT2D eigenvalue weighted by Crippen LogP contribution is -2.64. The van der Waals surface area contributed by atoms with Crippen LogP contribution in [-0.4, -0.2) is 47.9 Å². The molecular weight excluding hydrogens is 344 g/mol. The van der Waals surface area contributed by atoms with Crippen molar-refractivity contribution in [1.82, 2.24) is 10.2 Å². The summed E-state index contributed by atoms with van der Waals surface area (Å²) in [5, 5.41) is 2.79. The highest BCUT2D eigenvalue weighted by molar-refractivity contribution is 5.98. The maximum atomic E-state index is 13.0. The zero-order valence-corrected chi connectivity index (χ0v) is 15.9. The Labute approximate surface area is 160 Å². The number of benzene rings is 1. The minimum atomic E-state index is -0.821. The van der Waals surface area contributed by atoms with E-state index < -0.39 is 18.1 Å². The fraction of sp³-hybridized carbons (Fsp3) is 0.476. The smallest absolute Gasteiger partial charge is 0.308 e. The van der Waals surface area contributed by atoms with Crippen molar-refractivity contribution in [2.24, 2.45) is 0 Å². The number of esters is 1. The summed E-state index contributed by atoms with van der Waals surface area (Å²) in [5.74, 6) is -0.955. The topological polar surface area (TPSA) is 75.7 Å². The zero-order chi connectivity index (χ0) is 19.6. The van der Waals surface area contributed by atoms with E-state index in [0.29, 0.717) is 13.0 Å². The third kappa shape index (κ3) is 5.94. The Bertz CT molecular complexity index is 659. The first-order valence-electron chi connectivity index (χ1n) is 9.48. The second-order valence-electron chi connectivity index (χ2n) is 6.68. The van der Waals surface area contributed by atoms with Gasteiger partial charge < -0.3 is 15.0 Å². The van der Waals surface area contributed by atoms with Gasteiger partial charge in [-0.25, -0.2) is 0 Å². The lowest BCUT2D eigenvalue weighted by Gasteiger charge is -2.38. The van der Waals surface area contributed by atoms with Crippen LogP contribution in [-0.2, 0) is 25.5 Å². The first kappa shape index (κ1) is 20.7. The summed E-state index contributed by atoms with van der Waals surface area (Å²) in [6, 6.07) is 8.15. The van der Waals surface area contributed by atoms with Gasteiger partial charge in [0.2, 0.25) is 11.8 Å². The van der Waals surface area contributed by atoms with Crippen LogP contribution in [0.1, 0.15) is 38.2 Å². The van der Waals surface area contributed by atoms with Gasteiger partial charge in [0, 0.05) is 13.0 Å². The van der Waals surface area contributed by atoms with Crippen LogP contribution < -0.4 is 5.32 Å². The number of carbonyl (C=O) groups excluding carboxylic acids is 3. The minimum absolute atomic E-state index is 0.0909. The monoisotopic (exact) mass is 372 g/mol. The van der Waals surface area contributed by atoms with Crippen molar-refractivity contribution in [2.45, 2.75) is 51.1 Å². The normalized spacial score (nSPS) is 19.5. The molecule has 1 aromatic carbocycles. The Morgan fingerprint density at radius 2 is 2.00 bits per heavy atom. The molecule has 6 heteroatoms. The standard InChI is InChI=1S/C21H28N2O4/c1-3-5-9-12-23-18(15-19(24)27-13-4-2)20(25)22-17(21(23)26)14-16-10-7-6-8-11-16/h4,6-8,10-11,17-18H,2-3,5,9,12-15H2,1H3,(H,22,25). The maximum absolute atomic E-state index is 13.0. The van der Waals surface area contributed by atoms with Gasteiger partial charge in [-0.2, -0.15) is 0 Å². The van der Waals surface area contributed by atoms with Crippen LogP contribution in [0.2, 0.25) is 0 Å². The molecule has 2 amide bonds. The number of ether oxygens (including phenoxy) is 1. The van der Waals surface area contributed by atoms with Gasteiger partial charge in [0.1, 0.15) is 18.7 Å². The Morgan fingerprint density at radius 3 is 2.67 bits per heavy atom. The molecule has 1 aliphatic rings. The summed E-state index contributed by atoms with van der Waals surface area (Å²) < 4.78 is 5.00. The molecule has 2 unspecified atom stereocenters. The van der Waals surface area contributed by atoms with E-state index in [9.17, 15) is 14.4 Å². The quantitative estimate of drug-likeness (QED) is 0.388. The van der Waals surface area contributed by atoms with Crippen molar-refractivity contribution < 1.29 is 19.1 Å². The Kier molecular flexibility index (Phi) is 8.04. The van der Waals surface area contributed by atoms with Crippen LogP contribution in [0.5, 0.6) is 0 Å². The first-order chi connectivity index (χ1) is 13.1. The molecule has 27 heavy (non-hydrogen) atoms. The second-order valence-corrected chi connectivity index (χ2v) is 6.68. The molecule has 0 saturated carbocycles. The largest absolute Gasteiger partial charge is 0.461 e. The molecule has 0 aromatic heterocycles. The highest BCUT2D eigenvalue weighted by Gasteiger charge is 2.41. The van der Waals surface area contributed by atoms with E-state index in [1.165, 1.54) is 6.08 Å². The second kappa shape index (κ2) is 10.5. The predicted octanol–water partition coefficient (Wildman–Crippen LogP) is 2.23. The van der Waals surface area contributed by atoms with Crippen molar-refractivity contribution in [3.8, 4) is 0 Å².